The number of benzene rings is 4. The number of carbonyl (C=O) groups excluding carboxylic acids is 1. The van der Waals surface area contributed by atoms with E-state index in [1.807, 2.05) is 102 Å². The molecule has 4 aromatic carbocycles. The van der Waals surface area contributed by atoms with Gasteiger partial charge >= 0.3 is 0 Å². The van der Waals surface area contributed by atoms with Gasteiger partial charge in [0.05, 0.1) is 5.69 Å². The van der Waals surface area contributed by atoms with Crippen molar-refractivity contribution in [3.8, 4) is 5.69 Å². The Morgan fingerprint density at radius 3 is 1.81 bits per heavy atom. The van der Waals surface area contributed by atoms with E-state index in [9.17, 15) is 4.79 Å². The number of aromatic nitrogens is 3. The van der Waals surface area contributed by atoms with E-state index in [1.54, 1.807) is 4.68 Å². The van der Waals surface area contributed by atoms with Gasteiger partial charge in [-0.15, -0.1) is 5.10 Å². The molecule has 0 aliphatic rings. The molecular formula is C31H28N4O. The van der Waals surface area contributed by atoms with Crippen LogP contribution in [0.4, 0.5) is 0 Å². The predicted octanol–water partition coefficient (Wildman–Crippen LogP) is 5.74. The van der Waals surface area contributed by atoms with E-state index in [0.29, 0.717) is 19.5 Å². The molecule has 5 rings (SSSR count). The van der Waals surface area contributed by atoms with Crippen molar-refractivity contribution in [3.05, 3.63) is 150 Å². The minimum absolute atomic E-state index is 0.168. The van der Waals surface area contributed by atoms with Crippen LogP contribution in [0.3, 0.4) is 0 Å². The molecule has 5 aromatic rings. The summed E-state index contributed by atoms with van der Waals surface area (Å²) in [6, 6.07) is 40.3. The molecule has 0 radical (unpaired) electrons. The first-order chi connectivity index (χ1) is 17.8. The van der Waals surface area contributed by atoms with Crippen LogP contribution in [-0.4, -0.2) is 32.1 Å². The van der Waals surface area contributed by atoms with Gasteiger partial charge in [-0.2, -0.15) is 0 Å². The highest BCUT2D eigenvalue weighted by molar-refractivity contribution is 5.90. The first-order valence-electron chi connectivity index (χ1n) is 12.2. The Bertz CT molecular complexity index is 1380. The molecule has 1 heterocycles. The molecule has 178 valence electrons. The fourth-order valence-electron chi connectivity index (χ4n) is 4.21. The van der Waals surface area contributed by atoms with Gasteiger partial charge in [0.25, 0.3) is 5.91 Å². The quantitative estimate of drug-likeness (QED) is 0.275. The van der Waals surface area contributed by atoms with Crippen molar-refractivity contribution < 1.29 is 4.79 Å². The van der Waals surface area contributed by atoms with Crippen LogP contribution in [0, 0.1) is 0 Å². The van der Waals surface area contributed by atoms with E-state index < -0.39 is 0 Å². The Hall–Kier alpha value is -4.51. The molecule has 1 aromatic heterocycles. The van der Waals surface area contributed by atoms with Crippen molar-refractivity contribution in [2.75, 3.05) is 6.54 Å². The topological polar surface area (TPSA) is 51.0 Å². The van der Waals surface area contributed by atoms with E-state index in [4.69, 9.17) is 10.1 Å². The average Bonchev–Trinajstić information content (AvgIpc) is 3.36. The van der Waals surface area contributed by atoms with Crippen molar-refractivity contribution in [1.82, 2.24) is 19.7 Å². The first kappa shape index (κ1) is 23.2. The summed E-state index contributed by atoms with van der Waals surface area (Å²) >= 11 is 0. The third kappa shape index (κ3) is 5.76. The lowest BCUT2D eigenvalue weighted by Gasteiger charge is -2.21. The predicted molar refractivity (Wildman–Crippen MR) is 142 cm³/mol. The summed E-state index contributed by atoms with van der Waals surface area (Å²) in [5.74, 6) is 0.783. The number of nitrogens with zero attached hydrogens (tertiary/aromatic N) is 4. The Labute approximate surface area is 211 Å². The van der Waals surface area contributed by atoms with Gasteiger partial charge in [-0.1, -0.05) is 109 Å². The van der Waals surface area contributed by atoms with E-state index in [-0.39, 0.29) is 11.7 Å². The van der Waals surface area contributed by atoms with Gasteiger partial charge in [-0.3, -0.25) is 4.79 Å². The van der Waals surface area contributed by atoms with E-state index in [0.717, 1.165) is 29.1 Å². The number of hydrogen-bond donors (Lipinski definition) is 0. The summed E-state index contributed by atoms with van der Waals surface area (Å²) in [5.41, 5.74) is 4.27. The standard InChI is InChI=1S/C31H28N4O/c36-31(34(24-27-17-9-3-10-18-27)22-21-25-13-5-1-6-14-25)30-32-29(23-26-15-7-2-8-16-26)35(33-30)28-19-11-4-12-20-28/h1-20H,21-24H2. The van der Waals surface area contributed by atoms with Gasteiger partial charge in [-0.25, -0.2) is 9.67 Å². The third-order valence-corrected chi connectivity index (χ3v) is 6.09. The normalized spacial score (nSPS) is 10.8. The minimum Gasteiger partial charge on any atom is -0.331 e. The second-order valence-electron chi connectivity index (χ2n) is 8.71. The fraction of sp³-hybridized carbons (Fsp3) is 0.129. The maximum Gasteiger partial charge on any atom is 0.293 e. The highest BCUT2D eigenvalue weighted by atomic mass is 16.2. The van der Waals surface area contributed by atoms with Crippen LogP contribution >= 0.6 is 0 Å². The highest BCUT2D eigenvalue weighted by Crippen LogP contribution is 2.16. The molecule has 5 nitrogen and oxygen atoms in total. The number of amides is 1. The Morgan fingerprint density at radius 1 is 0.667 bits per heavy atom. The van der Waals surface area contributed by atoms with Crippen LogP contribution in [0.15, 0.2) is 121 Å². The van der Waals surface area contributed by atoms with Gasteiger partial charge < -0.3 is 4.90 Å². The smallest absolute Gasteiger partial charge is 0.293 e. The zero-order valence-corrected chi connectivity index (χ0v) is 20.1. The lowest BCUT2D eigenvalue weighted by atomic mass is 10.1. The zero-order chi connectivity index (χ0) is 24.6. The molecule has 0 unspecified atom stereocenters. The number of hydrogen-bond acceptors (Lipinski definition) is 3. The van der Waals surface area contributed by atoms with Crippen LogP contribution in [0.1, 0.15) is 33.1 Å². The lowest BCUT2D eigenvalue weighted by molar-refractivity contribution is 0.0732. The summed E-state index contributed by atoms with van der Waals surface area (Å²) in [7, 11) is 0. The summed E-state index contributed by atoms with van der Waals surface area (Å²) in [6.07, 6.45) is 1.34. The van der Waals surface area contributed by atoms with Crippen molar-refractivity contribution in [1.29, 1.82) is 0 Å². The number of rotatable bonds is 9. The summed E-state index contributed by atoms with van der Waals surface area (Å²) in [5, 5.41) is 4.71. The van der Waals surface area contributed by atoms with Crippen LogP contribution < -0.4 is 0 Å². The molecule has 0 saturated heterocycles. The van der Waals surface area contributed by atoms with E-state index in [2.05, 4.69) is 24.3 Å². The van der Waals surface area contributed by atoms with Gasteiger partial charge in [0.15, 0.2) is 0 Å². The van der Waals surface area contributed by atoms with Crippen LogP contribution in [-0.2, 0) is 19.4 Å². The molecule has 0 N–H and O–H groups in total. The molecule has 0 aliphatic heterocycles. The molecular weight excluding hydrogens is 444 g/mol. The Morgan fingerprint density at radius 2 is 1.19 bits per heavy atom. The van der Waals surface area contributed by atoms with Crippen LogP contribution in [0.5, 0.6) is 0 Å². The molecule has 0 spiro atoms. The second kappa shape index (κ2) is 11.3. The number of para-hydroxylation sites is 1. The SMILES string of the molecule is O=C(c1nc(Cc2ccccc2)n(-c2ccccc2)n1)N(CCc1ccccc1)Cc1ccccc1. The summed E-state index contributed by atoms with van der Waals surface area (Å²) in [6.45, 7) is 1.08. The van der Waals surface area contributed by atoms with Crippen LogP contribution in [0.2, 0.25) is 0 Å². The first-order valence-corrected chi connectivity index (χ1v) is 12.2. The van der Waals surface area contributed by atoms with Crippen molar-refractivity contribution in [2.24, 2.45) is 0 Å². The molecule has 0 saturated carbocycles. The maximum atomic E-state index is 13.8. The maximum absolute atomic E-state index is 13.8. The summed E-state index contributed by atoms with van der Waals surface area (Å²) < 4.78 is 1.79. The minimum atomic E-state index is -0.168. The van der Waals surface area contributed by atoms with Crippen LogP contribution in [0.25, 0.3) is 5.69 Å². The molecule has 0 fully saturated rings. The van der Waals surface area contributed by atoms with Gasteiger partial charge in [0, 0.05) is 19.5 Å². The molecule has 0 bridgehead atoms. The van der Waals surface area contributed by atoms with Crippen molar-refractivity contribution in [3.63, 3.8) is 0 Å². The van der Waals surface area contributed by atoms with Gasteiger partial charge in [0.2, 0.25) is 5.82 Å². The number of carbonyl (C=O) groups is 1. The van der Waals surface area contributed by atoms with E-state index >= 15 is 0 Å². The monoisotopic (exact) mass is 472 g/mol. The second-order valence-corrected chi connectivity index (χ2v) is 8.71. The third-order valence-electron chi connectivity index (χ3n) is 6.09. The molecule has 36 heavy (non-hydrogen) atoms. The molecule has 5 heteroatoms. The molecule has 0 atom stereocenters. The lowest BCUT2D eigenvalue weighted by Crippen LogP contribution is -2.33. The average molecular weight is 473 g/mol. The summed E-state index contributed by atoms with van der Waals surface area (Å²) in [4.78, 5) is 20.4. The van der Waals surface area contributed by atoms with Crippen molar-refractivity contribution >= 4 is 5.91 Å². The van der Waals surface area contributed by atoms with E-state index in [1.165, 1.54) is 5.56 Å². The largest absolute Gasteiger partial charge is 0.331 e. The fourth-order valence-corrected chi connectivity index (χ4v) is 4.21. The Balaban J connectivity index is 1.46. The Kier molecular flexibility index (Phi) is 7.28. The van der Waals surface area contributed by atoms with Gasteiger partial charge in [0.1, 0.15) is 5.82 Å². The van der Waals surface area contributed by atoms with Gasteiger partial charge in [-0.05, 0) is 35.2 Å². The zero-order valence-electron chi connectivity index (χ0n) is 20.1. The molecule has 1 amide bonds. The highest BCUT2D eigenvalue weighted by Gasteiger charge is 2.23. The van der Waals surface area contributed by atoms with Crippen molar-refractivity contribution in [2.45, 2.75) is 19.4 Å². The molecule has 0 aliphatic carbocycles.